The highest BCUT2D eigenvalue weighted by atomic mass is 32.2. The molecule has 0 saturated carbocycles. The number of rotatable bonds is 6. The number of likely N-dealkylation sites (N-methyl/N-ethyl adjacent to an activating group) is 1. The van der Waals surface area contributed by atoms with Crippen LogP contribution in [0.25, 0.3) is 0 Å². The highest BCUT2D eigenvalue weighted by Gasteiger charge is 2.36. The number of carbonyl (C=O) groups excluding carboxylic acids is 2. The number of sulfone groups is 1. The van der Waals surface area contributed by atoms with Crippen LogP contribution in [-0.2, 0) is 19.4 Å². The van der Waals surface area contributed by atoms with Crippen molar-refractivity contribution >= 4 is 27.3 Å². The van der Waals surface area contributed by atoms with Crippen LogP contribution in [0.5, 0.6) is 0 Å². The van der Waals surface area contributed by atoms with Crippen LogP contribution in [0.3, 0.4) is 0 Å². The van der Waals surface area contributed by atoms with E-state index in [0.29, 0.717) is 31.1 Å². The number of amides is 2. The first kappa shape index (κ1) is 21.4. The number of nitrogens with one attached hydrogen (secondary N) is 1. The first-order valence-electron chi connectivity index (χ1n) is 9.16. The molecular formula is C19H29N3O4S. The van der Waals surface area contributed by atoms with Gasteiger partial charge in [0.1, 0.15) is 0 Å². The van der Waals surface area contributed by atoms with Crippen molar-refractivity contribution in [2.45, 2.75) is 32.2 Å². The Kier molecular flexibility index (Phi) is 7.00. The third-order valence-electron chi connectivity index (χ3n) is 4.73. The highest BCUT2D eigenvalue weighted by Crippen LogP contribution is 2.20. The molecule has 2 rings (SSSR count). The van der Waals surface area contributed by atoms with Crippen molar-refractivity contribution < 1.29 is 18.0 Å². The molecule has 1 saturated heterocycles. The molecule has 1 N–H and O–H groups in total. The van der Waals surface area contributed by atoms with Crippen LogP contribution in [0.1, 0.15) is 31.7 Å². The van der Waals surface area contributed by atoms with Gasteiger partial charge >= 0.3 is 11.8 Å². The average molecular weight is 396 g/mol. The molecule has 1 aromatic carbocycles. The van der Waals surface area contributed by atoms with Gasteiger partial charge in [0.2, 0.25) is 0 Å². The maximum atomic E-state index is 12.7. The SMILES string of the molecule is CC(C)c1ccc(NC(=O)C(=O)N(CCN(C)C)C2CCS(=O)(=O)C2)cc1. The summed E-state index contributed by atoms with van der Waals surface area (Å²) in [6.07, 6.45) is 0.373. The molecule has 8 heteroatoms. The van der Waals surface area contributed by atoms with Gasteiger partial charge in [0.25, 0.3) is 0 Å². The molecule has 1 aliphatic rings. The summed E-state index contributed by atoms with van der Waals surface area (Å²) in [6, 6.07) is 6.92. The van der Waals surface area contributed by atoms with Crippen molar-refractivity contribution in [3.63, 3.8) is 0 Å². The predicted molar refractivity (Wildman–Crippen MR) is 106 cm³/mol. The zero-order chi connectivity index (χ0) is 20.2. The average Bonchev–Trinajstić information content (AvgIpc) is 2.94. The molecule has 0 aliphatic carbocycles. The van der Waals surface area contributed by atoms with Crippen LogP contribution in [0.15, 0.2) is 24.3 Å². The topological polar surface area (TPSA) is 86.8 Å². The van der Waals surface area contributed by atoms with Crippen LogP contribution in [0, 0.1) is 0 Å². The molecule has 0 bridgehead atoms. The summed E-state index contributed by atoms with van der Waals surface area (Å²) in [4.78, 5) is 28.5. The van der Waals surface area contributed by atoms with Crippen LogP contribution < -0.4 is 5.32 Å². The molecule has 1 aromatic rings. The second-order valence-electron chi connectivity index (χ2n) is 7.59. The number of anilines is 1. The Balaban J connectivity index is 2.09. The number of hydrogen-bond acceptors (Lipinski definition) is 5. The molecule has 150 valence electrons. The first-order valence-corrected chi connectivity index (χ1v) is 11.0. The summed E-state index contributed by atoms with van der Waals surface area (Å²) in [5.41, 5.74) is 1.69. The lowest BCUT2D eigenvalue weighted by Crippen LogP contribution is -2.48. The maximum Gasteiger partial charge on any atom is 0.313 e. The minimum atomic E-state index is -3.15. The van der Waals surface area contributed by atoms with Gasteiger partial charge in [0.05, 0.1) is 11.5 Å². The monoisotopic (exact) mass is 395 g/mol. The minimum absolute atomic E-state index is 0.0572. The summed E-state index contributed by atoms with van der Waals surface area (Å²) in [6.45, 7) is 5.02. The van der Waals surface area contributed by atoms with Crippen LogP contribution in [0.2, 0.25) is 0 Å². The van der Waals surface area contributed by atoms with Crippen molar-refractivity contribution in [1.82, 2.24) is 9.80 Å². The van der Waals surface area contributed by atoms with Crippen LogP contribution in [0.4, 0.5) is 5.69 Å². The summed E-state index contributed by atoms with van der Waals surface area (Å²) in [5.74, 6) is -1.08. The number of benzene rings is 1. The van der Waals surface area contributed by atoms with E-state index in [4.69, 9.17) is 0 Å². The maximum absolute atomic E-state index is 12.7. The van der Waals surface area contributed by atoms with Gasteiger partial charge < -0.3 is 15.1 Å². The van der Waals surface area contributed by atoms with Gasteiger partial charge in [-0.1, -0.05) is 26.0 Å². The lowest BCUT2D eigenvalue weighted by atomic mass is 10.0. The number of hydrogen-bond donors (Lipinski definition) is 1. The summed E-state index contributed by atoms with van der Waals surface area (Å²) in [5, 5.41) is 2.63. The smallest absolute Gasteiger partial charge is 0.313 e. The second-order valence-corrected chi connectivity index (χ2v) is 9.82. The van der Waals surface area contributed by atoms with Crippen LogP contribution in [-0.4, -0.2) is 74.8 Å². The third kappa shape index (κ3) is 6.04. The van der Waals surface area contributed by atoms with Gasteiger partial charge in [-0.25, -0.2) is 8.42 Å². The summed E-state index contributed by atoms with van der Waals surface area (Å²) >= 11 is 0. The van der Waals surface area contributed by atoms with Crippen molar-refractivity contribution in [2.24, 2.45) is 0 Å². The fourth-order valence-electron chi connectivity index (χ4n) is 3.05. The van der Waals surface area contributed by atoms with E-state index < -0.39 is 27.7 Å². The van der Waals surface area contributed by atoms with Crippen molar-refractivity contribution in [3.8, 4) is 0 Å². The summed E-state index contributed by atoms with van der Waals surface area (Å²) < 4.78 is 23.6. The molecule has 1 atom stereocenters. The minimum Gasteiger partial charge on any atom is -0.329 e. The zero-order valence-electron chi connectivity index (χ0n) is 16.4. The van der Waals surface area contributed by atoms with E-state index in [1.54, 1.807) is 12.1 Å². The lowest BCUT2D eigenvalue weighted by Gasteiger charge is -2.28. The summed E-state index contributed by atoms with van der Waals surface area (Å²) in [7, 11) is 0.582. The largest absolute Gasteiger partial charge is 0.329 e. The molecule has 1 aliphatic heterocycles. The van der Waals surface area contributed by atoms with E-state index in [1.807, 2.05) is 31.1 Å². The Bertz CT molecular complexity index is 773. The van der Waals surface area contributed by atoms with Gasteiger partial charge in [-0.05, 0) is 44.1 Å². The van der Waals surface area contributed by atoms with Gasteiger partial charge in [-0.3, -0.25) is 9.59 Å². The lowest BCUT2D eigenvalue weighted by molar-refractivity contribution is -0.144. The third-order valence-corrected chi connectivity index (χ3v) is 6.48. The van der Waals surface area contributed by atoms with E-state index in [2.05, 4.69) is 19.2 Å². The standard InChI is InChI=1S/C19H29N3O4S/c1-14(2)15-5-7-16(8-6-15)20-18(23)19(24)22(11-10-21(3)4)17-9-12-27(25,26)13-17/h5-8,14,17H,9-13H2,1-4H3,(H,20,23). The van der Waals surface area contributed by atoms with Gasteiger partial charge in [0, 0.05) is 24.8 Å². The van der Waals surface area contributed by atoms with Crippen LogP contribution >= 0.6 is 0 Å². The van der Waals surface area contributed by atoms with Crippen molar-refractivity contribution in [2.75, 3.05) is 44.0 Å². The van der Waals surface area contributed by atoms with E-state index in [1.165, 1.54) is 4.90 Å². The molecule has 27 heavy (non-hydrogen) atoms. The van der Waals surface area contributed by atoms with Gasteiger partial charge in [-0.15, -0.1) is 0 Å². The molecular weight excluding hydrogens is 366 g/mol. The molecule has 2 amide bonds. The number of nitrogens with zero attached hydrogens (tertiary/aromatic N) is 2. The van der Waals surface area contributed by atoms with Crippen molar-refractivity contribution in [3.05, 3.63) is 29.8 Å². The Labute approximate surface area is 161 Å². The van der Waals surface area contributed by atoms with Gasteiger partial charge in [0.15, 0.2) is 9.84 Å². The fraction of sp³-hybridized carbons (Fsp3) is 0.579. The zero-order valence-corrected chi connectivity index (χ0v) is 17.3. The Hall–Kier alpha value is -1.93. The molecule has 0 spiro atoms. The Morgan fingerprint density at radius 3 is 2.26 bits per heavy atom. The Morgan fingerprint density at radius 2 is 1.78 bits per heavy atom. The molecule has 0 radical (unpaired) electrons. The second kappa shape index (κ2) is 8.84. The fourth-order valence-corrected chi connectivity index (χ4v) is 4.78. The van der Waals surface area contributed by atoms with Crippen molar-refractivity contribution in [1.29, 1.82) is 0 Å². The number of carbonyl (C=O) groups is 2. The molecule has 0 aromatic heterocycles. The molecule has 1 heterocycles. The molecule has 7 nitrogen and oxygen atoms in total. The molecule has 1 fully saturated rings. The predicted octanol–water partition coefficient (Wildman–Crippen LogP) is 1.33. The van der Waals surface area contributed by atoms with E-state index in [-0.39, 0.29) is 11.5 Å². The van der Waals surface area contributed by atoms with E-state index in [9.17, 15) is 18.0 Å². The highest BCUT2D eigenvalue weighted by molar-refractivity contribution is 7.91. The van der Waals surface area contributed by atoms with E-state index >= 15 is 0 Å². The first-order chi connectivity index (χ1) is 12.6. The quantitative estimate of drug-likeness (QED) is 0.734. The van der Waals surface area contributed by atoms with E-state index in [0.717, 1.165) is 5.56 Å². The Morgan fingerprint density at radius 1 is 1.15 bits per heavy atom. The molecule has 1 unspecified atom stereocenters. The normalized spacial score (nSPS) is 18.7. The van der Waals surface area contributed by atoms with Gasteiger partial charge in [-0.2, -0.15) is 0 Å².